The highest BCUT2D eigenvalue weighted by molar-refractivity contribution is 5.95. The van der Waals surface area contributed by atoms with E-state index >= 15 is 0 Å². The van der Waals surface area contributed by atoms with Gasteiger partial charge >= 0.3 is 0 Å². The number of nitrogens with one attached hydrogen (secondary N) is 1. The number of ether oxygens (including phenoxy) is 1. The summed E-state index contributed by atoms with van der Waals surface area (Å²) in [6.45, 7) is 8.82. The van der Waals surface area contributed by atoms with Crippen molar-refractivity contribution >= 4 is 11.6 Å². The Kier molecular flexibility index (Phi) is 5.71. The number of hydrogen-bond acceptors (Lipinski definition) is 4. The van der Waals surface area contributed by atoms with Gasteiger partial charge in [0.2, 0.25) is 0 Å². The molecule has 31 heavy (non-hydrogen) atoms. The molecule has 0 bridgehead atoms. The number of rotatable bonds is 6. The van der Waals surface area contributed by atoms with E-state index in [-0.39, 0.29) is 5.91 Å². The van der Waals surface area contributed by atoms with Crippen molar-refractivity contribution in [2.75, 3.05) is 6.61 Å². The lowest BCUT2D eigenvalue weighted by atomic mass is 10.0. The maximum absolute atomic E-state index is 12.9. The molecule has 4 aromatic rings. The smallest absolute Gasteiger partial charge is 0.254 e. The van der Waals surface area contributed by atoms with Gasteiger partial charge < -0.3 is 10.1 Å². The normalized spacial score (nSPS) is 11.0. The van der Waals surface area contributed by atoms with Crippen LogP contribution in [-0.2, 0) is 6.54 Å². The largest absolute Gasteiger partial charge is 0.494 e. The molecule has 158 valence electrons. The molecule has 2 heterocycles. The Labute approximate surface area is 181 Å². The van der Waals surface area contributed by atoms with Crippen LogP contribution >= 0.6 is 0 Å². The topological polar surface area (TPSA) is 68.5 Å². The summed E-state index contributed by atoms with van der Waals surface area (Å²) in [5, 5.41) is 7.65. The molecule has 0 aliphatic carbocycles. The van der Waals surface area contributed by atoms with Gasteiger partial charge in [-0.3, -0.25) is 4.79 Å². The number of carbonyl (C=O) groups excluding carboxylic acids is 1. The Morgan fingerprint density at radius 2 is 1.90 bits per heavy atom. The summed E-state index contributed by atoms with van der Waals surface area (Å²) in [5.41, 5.74) is 7.05. The van der Waals surface area contributed by atoms with E-state index in [1.807, 2.05) is 51.1 Å². The average molecular weight is 415 g/mol. The maximum atomic E-state index is 12.9. The number of aryl methyl sites for hydroxylation is 3. The molecular formula is C25H26N4O2. The minimum absolute atomic E-state index is 0.191. The highest BCUT2D eigenvalue weighted by Crippen LogP contribution is 2.28. The van der Waals surface area contributed by atoms with Crippen LogP contribution in [0, 0.1) is 20.8 Å². The molecule has 0 saturated carbocycles. The Balaban J connectivity index is 1.64. The van der Waals surface area contributed by atoms with E-state index in [2.05, 4.69) is 40.5 Å². The first kappa shape index (κ1) is 20.6. The molecule has 1 N–H and O–H groups in total. The van der Waals surface area contributed by atoms with Crippen molar-refractivity contribution in [2.24, 2.45) is 0 Å². The van der Waals surface area contributed by atoms with Gasteiger partial charge in [0.15, 0.2) is 5.65 Å². The maximum Gasteiger partial charge on any atom is 0.254 e. The molecule has 2 aromatic carbocycles. The van der Waals surface area contributed by atoms with E-state index in [0.29, 0.717) is 18.7 Å². The molecule has 0 fully saturated rings. The highest BCUT2D eigenvalue weighted by Gasteiger charge is 2.19. The molecule has 0 atom stereocenters. The third kappa shape index (κ3) is 4.01. The average Bonchev–Trinajstić information content (AvgIpc) is 3.10. The third-order valence-corrected chi connectivity index (χ3v) is 5.32. The molecular weight excluding hydrogens is 388 g/mol. The first-order valence-electron chi connectivity index (χ1n) is 10.4. The molecule has 6 nitrogen and oxygen atoms in total. The van der Waals surface area contributed by atoms with E-state index in [1.165, 1.54) is 5.56 Å². The van der Waals surface area contributed by atoms with E-state index in [1.54, 1.807) is 10.7 Å². The zero-order valence-corrected chi connectivity index (χ0v) is 18.3. The van der Waals surface area contributed by atoms with Crippen molar-refractivity contribution in [3.63, 3.8) is 0 Å². The molecule has 4 rings (SSSR count). The first-order chi connectivity index (χ1) is 15.0. The van der Waals surface area contributed by atoms with Crippen molar-refractivity contribution in [1.29, 1.82) is 0 Å². The lowest BCUT2D eigenvalue weighted by Gasteiger charge is -2.12. The molecule has 0 radical (unpaired) electrons. The Hall–Kier alpha value is -3.67. The second-order valence-electron chi connectivity index (χ2n) is 7.55. The Morgan fingerprint density at radius 3 is 2.68 bits per heavy atom. The summed E-state index contributed by atoms with van der Waals surface area (Å²) in [4.78, 5) is 17.5. The van der Waals surface area contributed by atoms with E-state index < -0.39 is 0 Å². The number of hydrogen-bond donors (Lipinski definition) is 1. The van der Waals surface area contributed by atoms with Gasteiger partial charge in [-0.2, -0.15) is 5.10 Å². The fourth-order valence-corrected chi connectivity index (χ4v) is 3.78. The van der Waals surface area contributed by atoms with Crippen molar-refractivity contribution in [1.82, 2.24) is 19.9 Å². The van der Waals surface area contributed by atoms with Crippen LogP contribution in [0.15, 0.2) is 54.7 Å². The van der Waals surface area contributed by atoms with Gasteiger partial charge in [0.25, 0.3) is 5.91 Å². The van der Waals surface area contributed by atoms with Crippen molar-refractivity contribution in [2.45, 2.75) is 34.2 Å². The van der Waals surface area contributed by atoms with Gasteiger partial charge in [-0.1, -0.05) is 48.0 Å². The van der Waals surface area contributed by atoms with Crippen LogP contribution < -0.4 is 10.1 Å². The second kappa shape index (κ2) is 8.60. The lowest BCUT2D eigenvalue weighted by Crippen LogP contribution is -2.25. The summed E-state index contributed by atoms with van der Waals surface area (Å²) >= 11 is 0. The lowest BCUT2D eigenvalue weighted by molar-refractivity contribution is 0.0949. The minimum Gasteiger partial charge on any atom is -0.494 e. The predicted octanol–water partition coefficient (Wildman–Crippen LogP) is 4.65. The van der Waals surface area contributed by atoms with Crippen LogP contribution in [0.3, 0.4) is 0 Å². The monoisotopic (exact) mass is 414 g/mol. The van der Waals surface area contributed by atoms with Crippen LogP contribution in [-0.4, -0.2) is 27.1 Å². The fourth-order valence-electron chi connectivity index (χ4n) is 3.78. The fraction of sp³-hybridized carbons (Fsp3) is 0.240. The van der Waals surface area contributed by atoms with Crippen LogP contribution in [0.1, 0.15) is 39.8 Å². The van der Waals surface area contributed by atoms with E-state index in [0.717, 1.165) is 39.5 Å². The van der Waals surface area contributed by atoms with E-state index in [4.69, 9.17) is 4.74 Å². The zero-order chi connectivity index (χ0) is 22.0. The molecule has 1 amide bonds. The highest BCUT2D eigenvalue weighted by atomic mass is 16.5. The molecule has 0 spiro atoms. The first-order valence-corrected chi connectivity index (χ1v) is 10.4. The van der Waals surface area contributed by atoms with Gasteiger partial charge in [-0.25, -0.2) is 9.50 Å². The van der Waals surface area contributed by atoms with Crippen LogP contribution in [0.5, 0.6) is 5.75 Å². The van der Waals surface area contributed by atoms with Gasteiger partial charge in [-0.05, 0) is 39.3 Å². The number of aromatic nitrogens is 3. The summed E-state index contributed by atoms with van der Waals surface area (Å²) in [5.74, 6) is 0.588. The van der Waals surface area contributed by atoms with Crippen molar-refractivity contribution < 1.29 is 9.53 Å². The summed E-state index contributed by atoms with van der Waals surface area (Å²) < 4.78 is 7.40. The molecule has 0 aliphatic heterocycles. The standard InChI is InChI=1S/C25H26N4O2/c1-5-31-22-12-7-6-10-20(22)14-27-25(30)21-15-26-24-23(17(3)28-29(24)18(21)4)19-11-8-9-16(2)13-19/h6-13,15H,5,14H2,1-4H3,(H,27,30). The Morgan fingerprint density at radius 1 is 1.10 bits per heavy atom. The number of nitrogens with zero attached hydrogens (tertiary/aromatic N) is 3. The number of fused-ring (bicyclic) bond motifs is 1. The van der Waals surface area contributed by atoms with Gasteiger partial charge in [0.05, 0.1) is 23.6 Å². The predicted molar refractivity (Wildman–Crippen MR) is 121 cm³/mol. The molecule has 0 aliphatic rings. The molecule has 0 unspecified atom stereocenters. The van der Waals surface area contributed by atoms with Crippen LogP contribution in [0.25, 0.3) is 16.8 Å². The molecule has 0 saturated heterocycles. The van der Waals surface area contributed by atoms with E-state index in [9.17, 15) is 4.79 Å². The number of amides is 1. The number of para-hydroxylation sites is 1. The zero-order valence-electron chi connectivity index (χ0n) is 18.3. The minimum atomic E-state index is -0.191. The van der Waals surface area contributed by atoms with Gasteiger partial charge in [0, 0.05) is 23.9 Å². The van der Waals surface area contributed by atoms with Gasteiger partial charge in [-0.15, -0.1) is 0 Å². The molecule has 6 heteroatoms. The summed E-state index contributed by atoms with van der Waals surface area (Å²) in [7, 11) is 0. The van der Waals surface area contributed by atoms with Gasteiger partial charge in [0.1, 0.15) is 5.75 Å². The second-order valence-corrected chi connectivity index (χ2v) is 7.55. The Bertz CT molecular complexity index is 1260. The SMILES string of the molecule is CCOc1ccccc1CNC(=O)c1cnc2c(-c3cccc(C)c3)c(C)nn2c1C. The van der Waals surface area contributed by atoms with Crippen molar-refractivity contribution in [3.8, 4) is 16.9 Å². The van der Waals surface area contributed by atoms with Crippen LogP contribution in [0.4, 0.5) is 0 Å². The summed E-state index contributed by atoms with van der Waals surface area (Å²) in [6.07, 6.45) is 1.63. The molecule has 2 aromatic heterocycles. The number of carbonyl (C=O) groups is 1. The summed E-state index contributed by atoms with van der Waals surface area (Å²) in [6, 6.07) is 16.0. The third-order valence-electron chi connectivity index (χ3n) is 5.32. The van der Waals surface area contributed by atoms with Crippen LogP contribution in [0.2, 0.25) is 0 Å². The van der Waals surface area contributed by atoms with Crippen molar-refractivity contribution in [3.05, 3.63) is 82.8 Å². The quantitative estimate of drug-likeness (QED) is 0.499. The number of benzene rings is 2.